The van der Waals surface area contributed by atoms with Crippen molar-refractivity contribution in [3.8, 4) is 34.5 Å². The molecule has 434 valence electrons. The van der Waals surface area contributed by atoms with E-state index < -0.39 is 47.0 Å². The van der Waals surface area contributed by atoms with Gasteiger partial charge in [-0.25, -0.2) is 0 Å². The Morgan fingerprint density at radius 3 is 0.618 bits per heavy atom. The van der Waals surface area contributed by atoms with Crippen LogP contribution in [-0.2, 0) is 24.7 Å². The van der Waals surface area contributed by atoms with Crippen LogP contribution in [0.2, 0.25) is 0 Å². The van der Waals surface area contributed by atoms with Gasteiger partial charge in [-0.3, -0.25) is 0 Å². The fourth-order valence-electron chi connectivity index (χ4n) is 13.6. The fraction of sp³-hybridized carbons (Fsp3) is 0.0563. The second kappa shape index (κ2) is 18.5. The number of benzene rings is 11. The SMILES string of the molecule is N#Cc1c(-n2c3ccccc3c3ccccc32)c(-n2c3cc(C(F)(F)F)ccc3c3ccc(C(F)(F)F)cc32)c(-n2c3ccccc3c3ccccc32)c(-n2c3cc(C(F)(F)F)ccc3c3ccc(C(F)(F)F)cc32)c1-n1c2ccccc2c2ccccc21. The summed E-state index contributed by atoms with van der Waals surface area (Å²) in [5.41, 5.74) is -5.26. The van der Waals surface area contributed by atoms with Crippen LogP contribution in [0.5, 0.6) is 0 Å². The molecule has 0 saturated heterocycles. The predicted octanol–water partition coefficient (Wildman–Crippen LogP) is 21.1. The van der Waals surface area contributed by atoms with E-state index in [2.05, 4.69) is 6.07 Å². The number of hydrogen-bond donors (Lipinski definition) is 0. The van der Waals surface area contributed by atoms with E-state index in [9.17, 15) is 5.26 Å². The van der Waals surface area contributed by atoms with E-state index in [1.54, 1.807) is 135 Å². The van der Waals surface area contributed by atoms with Crippen LogP contribution in [0, 0.1) is 11.3 Å². The van der Waals surface area contributed by atoms with Crippen molar-refractivity contribution in [1.82, 2.24) is 22.8 Å². The molecule has 6 nitrogen and oxygen atoms in total. The highest BCUT2D eigenvalue weighted by atomic mass is 19.4. The molecule has 0 fully saturated rings. The number of nitrogens with zero attached hydrogens (tertiary/aromatic N) is 6. The molecule has 0 saturated carbocycles. The standard InChI is InChI=1S/C71H36F12N6/c72-68(73,74)38-25-29-48-49-30-26-39(69(75,76)77)34-60(49)88(59(48)33-38)65-63(85-53-19-7-1-13-42(53)43-14-2-8-20-54(43)85)52(37-84)64(86-55-21-9-3-15-44(55)45-16-4-10-22-56(45)86)66(67(65)87-57-23-11-5-17-46(57)47-18-6-12-24-58(47)87)89-61-35-40(70(78,79)80)27-31-50(61)51-32-28-41(36-62(51)89)71(81,82)83/h1-36H. The molecular formula is C71H36F12N6. The van der Waals surface area contributed by atoms with E-state index in [1.807, 2.05) is 24.3 Å². The lowest BCUT2D eigenvalue weighted by Crippen LogP contribution is -2.19. The highest BCUT2D eigenvalue weighted by Crippen LogP contribution is 2.53. The molecule has 0 spiro atoms. The van der Waals surface area contributed by atoms with Gasteiger partial charge in [-0.1, -0.05) is 133 Å². The van der Waals surface area contributed by atoms with Crippen molar-refractivity contribution in [1.29, 1.82) is 5.26 Å². The molecule has 0 aliphatic rings. The van der Waals surface area contributed by atoms with Crippen molar-refractivity contribution in [2.45, 2.75) is 24.7 Å². The van der Waals surface area contributed by atoms with Crippen molar-refractivity contribution in [3.05, 3.63) is 246 Å². The molecule has 0 unspecified atom stereocenters. The maximum Gasteiger partial charge on any atom is 0.416 e. The maximum absolute atomic E-state index is 15.6. The minimum Gasteiger partial charge on any atom is -0.306 e. The number of rotatable bonds is 5. The summed E-state index contributed by atoms with van der Waals surface area (Å²) in [6, 6.07) is 55.6. The molecule has 18 heteroatoms. The zero-order valence-electron chi connectivity index (χ0n) is 45.5. The third-order valence-electron chi connectivity index (χ3n) is 17.2. The zero-order valence-corrected chi connectivity index (χ0v) is 45.5. The number of aromatic nitrogens is 5. The van der Waals surface area contributed by atoms with Gasteiger partial charge in [-0.15, -0.1) is 0 Å². The molecule has 89 heavy (non-hydrogen) atoms. The Labute approximate surface area is 493 Å². The Balaban J connectivity index is 1.33. The molecule has 0 bridgehead atoms. The van der Waals surface area contributed by atoms with Gasteiger partial charge < -0.3 is 22.8 Å². The monoisotopic (exact) mass is 1200 g/mol. The normalized spacial score (nSPS) is 12.9. The van der Waals surface area contributed by atoms with Gasteiger partial charge in [0.2, 0.25) is 0 Å². The summed E-state index contributed by atoms with van der Waals surface area (Å²) in [7, 11) is 0. The Morgan fingerprint density at radius 2 is 0.404 bits per heavy atom. The molecule has 16 aromatic rings. The summed E-state index contributed by atoms with van der Waals surface area (Å²) in [6.45, 7) is 0. The zero-order chi connectivity index (χ0) is 61.4. The van der Waals surface area contributed by atoms with E-state index in [-0.39, 0.29) is 77.6 Å². The number of halogens is 12. The number of hydrogen-bond acceptors (Lipinski definition) is 1. The molecule has 0 amide bonds. The molecule has 5 heterocycles. The molecule has 0 radical (unpaired) electrons. The van der Waals surface area contributed by atoms with Gasteiger partial charge >= 0.3 is 24.7 Å². The van der Waals surface area contributed by atoms with Gasteiger partial charge in [0.05, 0.1) is 106 Å². The van der Waals surface area contributed by atoms with Crippen LogP contribution >= 0.6 is 0 Å². The Bertz CT molecular complexity index is 5180. The molecule has 5 aromatic heterocycles. The summed E-state index contributed by atoms with van der Waals surface area (Å²) in [5, 5.41) is 16.4. The minimum atomic E-state index is -5.07. The van der Waals surface area contributed by atoms with E-state index in [0.717, 1.165) is 72.8 Å². The van der Waals surface area contributed by atoms with Crippen molar-refractivity contribution in [2.24, 2.45) is 0 Å². The van der Waals surface area contributed by atoms with Gasteiger partial charge in [0.25, 0.3) is 0 Å². The van der Waals surface area contributed by atoms with Crippen molar-refractivity contribution in [2.75, 3.05) is 0 Å². The molecule has 16 rings (SSSR count). The molecule has 0 aliphatic heterocycles. The largest absolute Gasteiger partial charge is 0.416 e. The summed E-state index contributed by atoms with van der Waals surface area (Å²) in [6.07, 6.45) is -20.3. The lowest BCUT2D eigenvalue weighted by molar-refractivity contribution is -0.138. The van der Waals surface area contributed by atoms with Gasteiger partial charge in [0.15, 0.2) is 0 Å². The number of fused-ring (bicyclic) bond motifs is 15. The van der Waals surface area contributed by atoms with Gasteiger partial charge in [0, 0.05) is 53.9 Å². The third-order valence-corrected chi connectivity index (χ3v) is 17.2. The van der Waals surface area contributed by atoms with E-state index in [1.165, 1.54) is 9.13 Å². The number of para-hydroxylation sites is 6. The van der Waals surface area contributed by atoms with Crippen LogP contribution in [0.4, 0.5) is 52.7 Å². The Hall–Kier alpha value is -10.9. The second-order valence-corrected chi connectivity index (χ2v) is 21.9. The number of nitriles is 1. The van der Waals surface area contributed by atoms with Crippen molar-refractivity contribution < 1.29 is 52.7 Å². The quantitative estimate of drug-likeness (QED) is 0.158. The highest BCUT2D eigenvalue weighted by Gasteiger charge is 2.40. The Kier molecular flexibility index (Phi) is 11.2. The van der Waals surface area contributed by atoms with E-state index in [4.69, 9.17) is 0 Å². The highest BCUT2D eigenvalue weighted by molar-refractivity contribution is 6.18. The first-order valence-corrected chi connectivity index (χ1v) is 27.8. The summed E-state index contributed by atoms with van der Waals surface area (Å²) in [5.74, 6) is 0. The Morgan fingerprint density at radius 1 is 0.225 bits per heavy atom. The summed E-state index contributed by atoms with van der Waals surface area (Å²) < 4.78 is 195. The van der Waals surface area contributed by atoms with E-state index in [0.29, 0.717) is 65.4 Å². The van der Waals surface area contributed by atoms with Gasteiger partial charge in [-0.2, -0.15) is 57.9 Å². The molecule has 0 atom stereocenters. The van der Waals surface area contributed by atoms with Crippen LogP contribution in [0.15, 0.2) is 218 Å². The molecule has 0 N–H and O–H groups in total. The minimum absolute atomic E-state index is 0.0242. The number of alkyl halides is 12. The second-order valence-electron chi connectivity index (χ2n) is 21.9. The lowest BCUT2D eigenvalue weighted by Gasteiger charge is -2.30. The first-order valence-electron chi connectivity index (χ1n) is 27.8. The molecule has 0 aliphatic carbocycles. The van der Waals surface area contributed by atoms with Crippen LogP contribution in [0.1, 0.15) is 27.8 Å². The van der Waals surface area contributed by atoms with Gasteiger partial charge in [-0.05, 0) is 84.9 Å². The topological polar surface area (TPSA) is 48.4 Å². The smallest absolute Gasteiger partial charge is 0.306 e. The summed E-state index contributed by atoms with van der Waals surface area (Å²) >= 11 is 0. The van der Waals surface area contributed by atoms with Gasteiger partial charge in [0.1, 0.15) is 11.6 Å². The fourth-order valence-corrected chi connectivity index (χ4v) is 13.6. The van der Waals surface area contributed by atoms with Crippen LogP contribution in [-0.4, -0.2) is 22.8 Å². The maximum atomic E-state index is 15.6. The van der Waals surface area contributed by atoms with Crippen LogP contribution < -0.4 is 0 Å². The van der Waals surface area contributed by atoms with Crippen LogP contribution in [0.3, 0.4) is 0 Å². The average molecular weight is 1200 g/mol. The third kappa shape index (κ3) is 7.73. The predicted molar refractivity (Wildman–Crippen MR) is 323 cm³/mol. The first kappa shape index (κ1) is 53.5. The molecule has 11 aromatic carbocycles. The van der Waals surface area contributed by atoms with Crippen molar-refractivity contribution >= 4 is 109 Å². The first-order chi connectivity index (χ1) is 42.7. The van der Waals surface area contributed by atoms with Crippen LogP contribution in [0.25, 0.3) is 137 Å². The van der Waals surface area contributed by atoms with Crippen molar-refractivity contribution in [3.63, 3.8) is 0 Å². The molecular weight excluding hydrogens is 1160 g/mol. The summed E-state index contributed by atoms with van der Waals surface area (Å²) in [4.78, 5) is 0. The van der Waals surface area contributed by atoms with E-state index >= 15 is 52.7 Å². The lowest BCUT2D eigenvalue weighted by atomic mass is 10.0. The average Bonchev–Trinajstić information content (AvgIpc) is 1.58.